The van der Waals surface area contributed by atoms with Gasteiger partial charge in [0.05, 0.1) is 0 Å². The third kappa shape index (κ3) is 5.04. The zero-order chi connectivity index (χ0) is 13.5. The average Bonchev–Trinajstić information content (AvgIpc) is 2.80. The molecule has 104 valence electrons. The molecule has 5 heteroatoms. The van der Waals surface area contributed by atoms with Gasteiger partial charge >= 0.3 is 0 Å². The van der Waals surface area contributed by atoms with Crippen LogP contribution in [0.15, 0.2) is 0 Å². The zero-order valence-corrected chi connectivity index (χ0v) is 11.4. The maximum Gasteiger partial charge on any atom is 0.244 e. The van der Waals surface area contributed by atoms with Crippen LogP contribution in [0.25, 0.3) is 0 Å². The fraction of sp³-hybridized carbons (Fsp3) is 0.846. The molecule has 0 bridgehead atoms. The maximum absolute atomic E-state index is 12.0. The van der Waals surface area contributed by atoms with Crippen molar-refractivity contribution in [2.24, 2.45) is 5.73 Å². The fourth-order valence-electron chi connectivity index (χ4n) is 2.17. The number of nitrogens with two attached hydrogens (primary N) is 1. The molecular weight excluding hydrogens is 230 g/mol. The van der Waals surface area contributed by atoms with Crippen molar-refractivity contribution < 1.29 is 9.59 Å². The molecule has 1 rings (SSSR count). The van der Waals surface area contributed by atoms with Gasteiger partial charge in [0.1, 0.15) is 6.04 Å². The summed E-state index contributed by atoms with van der Waals surface area (Å²) in [4.78, 5) is 25.4. The summed E-state index contributed by atoms with van der Waals surface area (Å²) in [5, 5.41) is 2.76. The second-order valence-electron chi connectivity index (χ2n) is 5.19. The van der Waals surface area contributed by atoms with Crippen LogP contribution in [0.5, 0.6) is 0 Å². The Morgan fingerprint density at radius 3 is 2.44 bits per heavy atom. The molecule has 2 unspecified atom stereocenters. The highest BCUT2D eigenvalue weighted by molar-refractivity contribution is 5.87. The van der Waals surface area contributed by atoms with Gasteiger partial charge in [-0.05, 0) is 39.5 Å². The van der Waals surface area contributed by atoms with Crippen molar-refractivity contribution in [2.75, 3.05) is 13.1 Å². The van der Waals surface area contributed by atoms with Crippen molar-refractivity contribution in [3.05, 3.63) is 0 Å². The number of hydrogen-bond donors (Lipinski definition) is 2. The molecule has 1 aliphatic rings. The van der Waals surface area contributed by atoms with Gasteiger partial charge in [-0.3, -0.25) is 9.59 Å². The predicted octanol–water partition coefficient (Wildman–Crippen LogP) is 0.631. The van der Waals surface area contributed by atoms with Gasteiger partial charge in [0.25, 0.3) is 0 Å². The molecule has 1 heterocycles. The number of hydrogen-bond acceptors (Lipinski definition) is 3. The molecule has 0 aromatic heterocycles. The molecule has 0 aromatic carbocycles. The lowest BCUT2D eigenvalue weighted by Gasteiger charge is -2.21. The van der Waals surface area contributed by atoms with Crippen LogP contribution in [0.4, 0.5) is 0 Å². The van der Waals surface area contributed by atoms with Gasteiger partial charge < -0.3 is 16.0 Å². The SMILES string of the molecule is CC(N)CCCC(=O)NC(C)C(=O)N1CCCC1. The Morgan fingerprint density at radius 1 is 1.28 bits per heavy atom. The van der Waals surface area contributed by atoms with E-state index in [-0.39, 0.29) is 17.9 Å². The number of nitrogens with one attached hydrogen (secondary N) is 1. The molecule has 2 atom stereocenters. The van der Waals surface area contributed by atoms with Crippen LogP contribution in [0, 0.1) is 0 Å². The highest BCUT2D eigenvalue weighted by atomic mass is 16.2. The summed E-state index contributed by atoms with van der Waals surface area (Å²) in [5.41, 5.74) is 5.62. The number of carbonyl (C=O) groups is 2. The van der Waals surface area contributed by atoms with E-state index in [1.54, 1.807) is 6.92 Å². The second kappa shape index (κ2) is 7.36. The van der Waals surface area contributed by atoms with Gasteiger partial charge in [-0.15, -0.1) is 0 Å². The van der Waals surface area contributed by atoms with Crippen molar-refractivity contribution in [2.45, 2.75) is 58.0 Å². The third-order valence-corrected chi connectivity index (χ3v) is 3.23. The zero-order valence-electron chi connectivity index (χ0n) is 11.4. The number of carbonyl (C=O) groups excluding carboxylic acids is 2. The van der Waals surface area contributed by atoms with Gasteiger partial charge in [0.2, 0.25) is 11.8 Å². The van der Waals surface area contributed by atoms with Crippen molar-refractivity contribution in [3.8, 4) is 0 Å². The monoisotopic (exact) mass is 255 g/mol. The van der Waals surface area contributed by atoms with E-state index in [1.165, 1.54) is 0 Å². The number of rotatable bonds is 6. The van der Waals surface area contributed by atoms with E-state index >= 15 is 0 Å². The summed E-state index contributed by atoms with van der Waals surface area (Å²) in [5.74, 6) is -0.0243. The Balaban J connectivity index is 2.23. The van der Waals surface area contributed by atoms with Gasteiger partial charge in [0.15, 0.2) is 0 Å². The molecule has 1 fully saturated rings. The molecule has 0 saturated carbocycles. The Hall–Kier alpha value is -1.10. The molecule has 18 heavy (non-hydrogen) atoms. The van der Waals surface area contributed by atoms with Crippen LogP contribution in [0.2, 0.25) is 0 Å². The largest absolute Gasteiger partial charge is 0.345 e. The number of nitrogens with zero attached hydrogens (tertiary/aromatic N) is 1. The molecule has 0 aliphatic carbocycles. The fourth-order valence-corrected chi connectivity index (χ4v) is 2.17. The van der Waals surface area contributed by atoms with Gasteiger partial charge in [0, 0.05) is 25.6 Å². The van der Waals surface area contributed by atoms with E-state index in [4.69, 9.17) is 5.73 Å². The van der Waals surface area contributed by atoms with Crippen LogP contribution < -0.4 is 11.1 Å². The van der Waals surface area contributed by atoms with E-state index in [1.807, 2.05) is 11.8 Å². The van der Waals surface area contributed by atoms with Crippen LogP contribution >= 0.6 is 0 Å². The molecule has 2 amide bonds. The summed E-state index contributed by atoms with van der Waals surface area (Å²) < 4.78 is 0. The van der Waals surface area contributed by atoms with Crippen LogP contribution in [-0.4, -0.2) is 41.9 Å². The van der Waals surface area contributed by atoms with Gasteiger partial charge in [-0.25, -0.2) is 0 Å². The molecule has 0 radical (unpaired) electrons. The Bertz CT molecular complexity index is 286. The molecular formula is C13H25N3O2. The first-order valence-corrected chi connectivity index (χ1v) is 6.84. The number of amides is 2. The van der Waals surface area contributed by atoms with E-state index in [0.29, 0.717) is 6.42 Å². The standard InChI is InChI=1S/C13H25N3O2/c1-10(14)6-5-7-12(17)15-11(2)13(18)16-8-3-4-9-16/h10-11H,3-9,14H2,1-2H3,(H,15,17). The topological polar surface area (TPSA) is 75.4 Å². The molecule has 3 N–H and O–H groups in total. The first-order valence-electron chi connectivity index (χ1n) is 6.84. The summed E-state index contributed by atoms with van der Waals surface area (Å²) in [6, 6.07) is -0.285. The Morgan fingerprint density at radius 2 is 1.89 bits per heavy atom. The van der Waals surface area contributed by atoms with Gasteiger partial charge in [-0.1, -0.05) is 0 Å². The van der Waals surface area contributed by atoms with E-state index in [0.717, 1.165) is 38.8 Å². The smallest absolute Gasteiger partial charge is 0.244 e. The molecule has 5 nitrogen and oxygen atoms in total. The highest BCUT2D eigenvalue weighted by Gasteiger charge is 2.23. The summed E-state index contributed by atoms with van der Waals surface area (Å²) in [6.07, 6.45) is 4.19. The quantitative estimate of drug-likeness (QED) is 0.731. The van der Waals surface area contributed by atoms with E-state index in [9.17, 15) is 9.59 Å². The second-order valence-corrected chi connectivity index (χ2v) is 5.19. The lowest BCUT2D eigenvalue weighted by atomic mass is 10.1. The molecule has 1 saturated heterocycles. The van der Waals surface area contributed by atoms with E-state index in [2.05, 4.69) is 5.32 Å². The first kappa shape index (κ1) is 15.0. The minimum absolute atomic E-state index is 0.0352. The van der Waals surface area contributed by atoms with Crippen LogP contribution in [0.3, 0.4) is 0 Å². The minimum atomic E-state index is -0.411. The van der Waals surface area contributed by atoms with Crippen LogP contribution in [0.1, 0.15) is 46.0 Å². The van der Waals surface area contributed by atoms with Crippen molar-refractivity contribution >= 4 is 11.8 Å². The molecule has 1 aliphatic heterocycles. The normalized spacial score (nSPS) is 18.5. The highest BCUT2D eigenvalue weighted by Crippen LogP contribution is 2.09. The summed E-state index contributed by atoms with van der Waals surface area (Å²) in [6.45, 7) is 5.33. The van der Waals surface area contributed by atoms with Crippen molar-refractivity contribution in [3.63, 3.8) is 0 Å². The maximum atomic E-state index is 12.0. The average molecular weight is 255 g/mol. The lowest BCUT2D eigenvalue weighted by Crippen LogP contribution is -2.45. The third-order valence-electron chi connectivity index (χ3n) is 3.23. The first-order chi connectivity index (χ1) is 8.50. The summed E-state index contributed by atoms with van der Waals surface area (Å²) >= 11 is 0. The van der Waals surface area contributed by atoms with Crippen LogP contribution in [-0.2, 0) is 9.59 Å². The summed E-state index contributed by atoms with van der Waals surface area (Å²) in [7, 11) is 0. The lowest BCUT2D eigenvalue weighted by molar-refractivity contribution is -0.135. The molecule has 0 aromatic rings. The molecule has 0 spiro atoms. The Labute approximate surface area is 109 Å². The van der Waals surface area contributed by atoms with Crippen molar-refractivity contribution in [1.29, 1.82) is 0 Å². The minimum Gasteiger partial charge on any atom is -0.345 e. The predicted molar refractivity (Wildman–Crippen MR) is 70.9 cm³/mol. The number of likely N-dealkylation sites (tertiary alicyclic amines) is 1. The van der Waals surface area contributed by atoms with Crippen molar-refractivity contribution in [1.82, 2.24) is 10.2 Å². The van der Waals surface area contributed by atoms with Gasteiger partial charge in [-0.2, -0.15) is 0 Å². The van der Waals surface area contributed by atoms with E-state index < -0.39 is 6.04 Å². The Kier molecular flexibility index (Phi) is 6.12.